The third-order valence-electron chi connectivity index (χ3n) is 5.36. The molecule has 2 aromatic rings. The maximum absolute atomic E-state index is 13.4. The largest absolute Gasteiger partial charge is 0.504 e. The lowest BCUT2D eigenvalue weighted by Gasteiger charge is -2.28. The molecule has 7 heteroatoms. The van der Waals surface area contributed by atoms with Crippen LogP contribution in [0.5, 0.6) is 0 Å². The molecule has 2 N–H and O–H groups in total. The minimum absolute atomic E-state index is 0.170. The molecule has 156 valence electrons. The van der Waals surface area contributed by atoms with Gasteiger partial charge in [0.05, 0.1) is 6.21 Å². The summed E-state index contributed by atoms with van der Waals surface area (Å²) in [6.07, 6.45) is 3.31. The highest BCUT2D eigenvalue weighted by atomic mass is 19.1. The summed E-state index contributed by atoms with van der Waals surface area (Å²) in [6, 6.07) is 12.0. The van der Waals surface area contributed by atoms with Crippen LogP contribution in [0.2, 0.25) is 0 Å². The molecule has 1 aliphatic rings. The van der Waals surface area contributed by atoms with Crippen molar-refractivity contribution in [3.05, 3.63) is 83.1 Å². The lowest BCUT2D eigenvalue weighted by Crippen LogP contribution is -2.36. The van der Waals surface area contributed by atoms with E-state index in [2.05, 4.69) is 0 Å². The molecule has 1 saturated heterocycles. The number of benzene rings is 2. The number of carbonyl (C=O) groups excluding carboxylic acids is 2. The van der Waals surface area contributed by atoms with E-state index in [1.807, 2.05) is 0 Å². The molecule has 0 aromatic heterocycles. The minimum Gasteiger partial charge on any atom is -0.504 e. The number of nitrogens with one attached hydrogen (secondary N) is 1. The van der Waals surface area contributed by atoms with E-state index < -0.39 is 17.4 Å². The predicted molar refractivity (Wildman–Crippen MR) is 108 cm³/mol. The summed E-state index contributed by atoms with van der Waals surface area (Å²) < 4.78 is 26.8. The fourth-order valence-corrected chi connectivity index (χ4v) is 3.84. The molecule has 0 spiro atoms. The highest BCUT2D eigenvalue weighted by Gasteiger charge is 2.31. The van der Waals surface area contributed by atoms with Crippen LogP contribution in [0.4, 0.5) is 8.78 Å². The van der Waals surface area contributed by atoms with Crippen molar-refractivity contribution in [2.45, 2.75) is 31.2 Å². The molecule has 0 unspecified atom stereocenters. The number of hydrogen-bond donors (Lipinski definition) is 2. The molecule has 0 saturated carbocycles. The summed E-state index contributed by atoms with van der Waals surface area (Å²) in [5.41, 5.74) is 1.69. The third-order valence-corrected chi connectivity index (χ3v) is 5.36. The first-order chi connectivity index (χ1) is 14.4. The van der Waals surface area contributed by atoms with Crippen LogP contribution in [-0.4, -0.2) is 40.5 Å². The number of ketones is 1. The Morgan fingerprint density at radius 1 is 1.07 bits per heavy atom. The Morgan fingerprint density at radius 2 is 1.60 bits per heavy atom. The minimum atomic E-state index is -0.936. The Morgan fingerprint density at radius 3 is 2.10 bits per heavy atom. The molecule has 2 aromatic carbocycles. The van der Waals surface area contributed by atoms with Gasteiger partial charge in [-0.3, -0.25) is 9.59 Å². The summed E-state index contributed by atoms with van der Waals surface area (Å²) in [4.78, 5) is 25.5. The third kappa shape index (κ3) is 4.97. The second-order valence-corrected chi connectivity index (χ2v) is 7.26. The van der Waals surface area contributed by atoms with Crippen LogP contribution >= 0.6 is 0 Å². The van der Waals surface area contributed by atoms with Gasteiger partial charge in [0.1, 0.15) is 11.6 Å². The fraction of sp³-hybridized carbons (Fsp3) is 0.261. The average molecular weight is 412 g/mol. The van der Waals surface area contributed by atoms with Crippen molar-refractivity contribution < 1.29 is 23.5 Å². The molecule has 1 aliphatic heterocycles. The molecule has 0 aliphatic carbocycles. The van der Waals surface area contributed by atoms with Crippen LogP contribution < -0.4 is 0 Å². The zero-order chi connectivity index (χ0) is 21.7. The van der Waals surface area contributed by atoms with Gasteiger partial charge in [-0.15, -0.1) is 0 Å². The molecule has 1 heterocycles. The number of aliphatic hydroxyl groups is 1. The van der Waals surface area contributed by atoms with Gasteiger partial charge in [0.15, 0.2) is 5.76 Å². The first-order valence-electron chi connectivity index (χ1n) is 9.66. The highest BCUT2D eigenvalue weighted by Crippen LogP contribution is 2.34. The van der Waals surface area contributed by atoms with E-state index in [0.29, 0.717) is 19.2 Å². The molecule has 5 nitrogen and oxygen atoms in total. The van der Waals surface area contributed by atoms with Gasteiger partial charge in [-0.25, -0.2) is 8.78 Å². The van der Waals surface area contributed by atoms with E-state index in [4.69, 9.17) is 5.41 Å². The number of hydrogen-bond acceptors (Lipinski definition) is 4. The van der Waals surface area contributed by atoms with Gasteiger partial charge in [0.2, 0.25) is 5.78 Å². The molecule has 0 radical (unpaired) electrons. The van der Waals surface area contributed by atoms with E-state index in [1.165, 1.54) is 24.3 Å². The van der Waals surface area contributed by atoms with Gasteiger partial charge >= 0.3 is 0 Å². The van der Waals surface area contributed by atoms with E-state index in [0.717, 1.165) is 30.0 Å². The predicted octanol–water partition coefficient (Wildman–Crippen LogP) is 4.14. The standard InChI is InChI=1S/C23H22F2N2O3/c24-17-7-3-15(4-8-17)20(16-5-9-18(25)10-6-16)12-19-2-1-11-27(19)23(30)13-21(28)22(29)14-26/h3-10,13-14,19-20,26,28H,1-2,11-12H2/b21-13-,26-14?/t19-/m1/s1. The number of nitrogens with zero attached hydrogens (tertiary/aromatic N) is 1. The molecular weight excluding hydrogens is 390 g/mol. The topological polar surface area (TPSA) is 81.5 Å². The van der Waals surface area contributed by atoms with Gasteiger partial charge in [-0.1, -0.05) is 24.3 Å². The maximum atomic E-state index is 13.4. The molecule has 30 heavy (non-hydrogen) atoms. The Bertz CT molecular complexity index is 910. The summed E-state index contributed by atoms with van der Waals surface area (Å²) in [6.45, 7) is 0.478. The quantitative estimate of drug-likeness (QED) is 0.407. The molecule has 0 bridgehead atoms. The molecule has 1 fully saturated rings. The average Bonchev–Trinajstić information content (AvgIpc) is 3.21. The highest BCUT2D eigenvalue weighted by molar-refractivity contribution is 6.33. The fourth-order valence-electron chi connectivity index (χ4n) is 3.84. The van der Waals surface area contributed by atoms with Gasteiger partial charge in [0.25, 0.3) is 5.91 Å². The maximum Gasteiger partial charge on any atom is 0.250 e. The van der Waals surface area contributed by atoms with Crippen LogP contribution in [0, 0.1) is 17.0 Å². The van der Waals surface area contributed by atoms with E-state index in [1.54, 1.807) is 29.2 Å². The summed E-state index contributed by atoms with van der Waals surface area (Å²) in [5, 5.41) is 16.6. The zero-order valence-corrected chi connectivity index (χ0v) is 16.2. The molecule has 1 atom stereocenters. The van der Waals surface area contributed by atoms with E-state index >= 15 is 0 Å². The number of likely N-dealkylation sites (tertiary alicyclic amines) is 1. The second-order valence-electron chi connectivity index (χ2n) is 7.26. The van der Waals surface area contributed by atoms with E-state index in [9.17, 15) is 23.5 Å². The Labute approximate surface area is 173 Å². The number of carbonyl (C=O) groups is 2. The van der Waals surface area contributed by atoms with Crippen molar-refractivity contribution in [2.24, 2.45) is 0 Å². The zero-order valence-electron chi connectivity index (χ0n) is 16.2. The summed E-state index contributed by atoms with van der Waals surface area (Å²) in [5.74, 6) is -3.10. The van der Waals surface area contributed by atoms with Gasteiger partial charge in [0, 0.05) is 24.6 Å². The second kappa shape index (κ2) is 9.43. The van der Waals surface area contributed by atoms with Crippen molar-refractivity contribution >= 4 is 17.9 Å². The number of allylic oxidation sites excluding steroid dienone is 1. The molecule has 3 rings (SSSR count). The lowest BCUT2D eigenvalue weighted by atomic mass is 9.85. The van der Waals surface area contributed by atoms with Crippen molar-refractivity contribution in [1.29, 1.82) is 5.41 Å². The van der Waals surface area contributed by atoms with Crippen molar-refractivity contribution in [3.63, 3.8) is 0 Å². The van der Waals surface area contributed by atoms with Gasteiger partial charge in [-0.05, 0) is 54.7 Å². The summed E-state index contributed by atoms with van der Waals surface area (Å²) in [7, 11) is 0. The monoisotopic (exact) mass is 412 g/mol. The Hall–Kier alpha value is -3.35. The van der Waals surface area contributed by atoms with Crippen LogP contribution in [0.3, 0.4) is 0 Å². The van der Waals surface area contributed by atoms with Crippen LogP contribution in [0.1, 0.15) is 36.3 Å². The molecule has 1 amide bonds. The Kier molecular flexibility index (Phi) is 6.72. The smallest absolute Gasteiger partial charge is 0.250 e. The number of Topliss-reactive ketones (excluding diaryl/α,β-unsaturated/α-hetero) is 1. The van der Waals surface area contributed by atoms with Crippen LogP contribution in [-0.2, 0) is 9.59 Å². The number of amides is 1. The van der Waals surface area contributed by atoms with Crippen LogP contribution in [0.25, 0.3) is 0 Å². The van der Waals surface area contributed by atoms with E-state index in [-0.39, 0.29) is 23.6 Å². The van der Waals surface area contributed by atoms with Gasteiger partial charge in [-0.2, -0.15) is 0 Å². The lowest BCUT2D eigenvalue weighted by molar-refractivity contribution is -0.127. The number of rotatable bonds is 7. The van der Waals surface area contributed by atoms with Gasteiger partial charge < -0.3 is 15.4 Å². The van der Waals surface area contributed by atoms with Crippen molar-refractivity contribution in [3.8, 4) is 0 Å². The summed E-state index contributed by atoms with van der Waals surface area (Å²) >= 11 is 0. The Balaban J connectivity index is 1.86. The first-order valence-corrected chi connectivity index (χ1v) is 9.66. The van der Waals surface area contributed by atoms with Crippen molar-refractivity contribution in [2.75, 3.05) is 6.54 Å². The molecular formula is C23H22F2N2O3. The number of aliphatic hydroxyl groups excluding tert-OH is 1. The normalized spacial score (nSPS) is 16.7. The SMILES string of the molecule is N=CC(=O)/C(O)=C/C(=O)N1CCC[C@@H]1CC(c1ccc(F)cc1)c1ccc(F)cc1. The van der Waals surface area contributed by atoms with Crippen molar-refractivity contribution in [1.82, 2.24) is 4.90 Å². The first kappa shape index (κ1) is 21.4. The van der Waals surface area contributed by atoms with Crippen LogP contribution in [0.15, 0.2) is 60.4 Å². The number of halogens is 2.